The normalized spacial score (nSPS) is 25.8. The van der Waals surface area contributed by atoms with E-state index < -0.39 is 0 Å². The Morgan fingerprint density at radius 2 is 2.43 bits per heavy atom. The van der Waals surface area contributed by atoms with Crippen molar-refractivity contribution in [2.45, 2.75) is 25.9 Å². The van der Waals surface area contributed by atoms with E-state index in [4.69, 9.17) is 0 Å². The highest BCUT2D eigenvalue weighted by atomic mass is 16.5. The second-order valence-corrected chi connectivity index (χ2v) is 3.95. The first kappa shape index (κ1) is 11.5. The van der Waals surface area contributed by atoms with Gasteiger partial charge in [-0.1, -0.05) is 0 Å². The first-order valence-corrected chi connectivity index (χ1v) is 5.10. The van der Waals surface area contributed by atoms with E-state index in [1.807, 2.05) is 11.8 Å². The number of carbonyl (C=O) groups is 1. The van der Waals surface area contributed by atoms with Crippen LogP contribution in [-0.4, -0.2) is 48.8 Å². The number of aliphatic hydroxyl groups is 1. The number of likely N-dealkylation sites (tertiary alicyclic amines) is 1. The zero-order chi connectivity index (χ0) is 10.6. The molecule has 0 spiro atoms. The van der Waals surface area contributed by atoms with Crippen molar-refractivity contribution in [2.75, 3.05) is 26.7 Å². The maximum absolute atomic E-state index is 11.0. The Hall–Kier alpha value is -0.610. The van der Waals surface area contributed by atoms with Crippen LogP contribution >= 0.6 is 0 Å². The Balaban J connectivity index is 2.36. The largest absolute Gasteiger partial charge is 0.468 e. The molecule has 0 saturated carbocycles. The zero-order valence-electron chi connectivity index (χ0n) is 8.90. The summed E-state index contributed by atoms with van der Waals surface area (Å²) in [6.07, 6.45) is 1.82. The molecule has 0 unspecified atom stereocenters. The summed E-state index contributed by atoms with van der Waals surface area (Å²) < 4.78 is 4.61. The quantitative estimate of drug-likeness (QED) is 0.665. The first-order valence-electron chi connectivity index (χ1n) is 5.10. The molecule has 1 aliphatic heterocycles. The van der Waals surface area contributed by atoms with Crippen LogP contribution in [0.4, 0.5) is 0 Å². The van der Waals surface area contributed by atoms with Crippen LogP contribution in [0.1, 0.15) is 19.8 Å². The Labute approximate surface area is 84.8 Å². The third kappa shape index (κ3) is 3.27. The second kappa shape index (κ2) is 5.32. The molecule has 1 N–H and O–H groups in total. The molecular weight excluding hydrogens is 182 g/mol. The predicted molar refractivity (Wildman–Crippen MR) is 52.9 cm³/mol. The maximum atomic E-state index is 11.0. The van der Waals surface area contributed by atoms with Crippen LogP contribution in [0.25, 0.3) is 0 Å². The van der Waals surface area contributed by atoms with Gasteiger partial charge in [0.15, 0.2) is 0 Å². The first-order chi connectivity index (χ1) is 6.63. The Bertz CT molecular complexity index is 194. The number of ether oxygens (including phenoxy) is 1. The molecule has 0 radical (unpaired) electrons. The van der Waals surface area contributed by atoms with E-state index in [0.717, 1.165) is 25.9 Å². The van der Waals surface area contributed by atoms with E-state index in [2.05, 4.69) is 4.74 Å². The number of hydrogen-bond acceptors (Lipinski definition) is 4. The summed E-state index contributed by atoms with van der Waals surface area (Å²) in [4.78, 5) is 13.1. The molecule has 2 atom stereocenters. The summed E-state index contributed by atoms with van der Waals surface area (Å²) in [5.74, 6) is 0.102. The molecule has 1 aliphatic rings. The lowest BCUT2D eigenvalue weighted by molar-refractivity contribution is -0.142. The van der Waals surface area contributed by atoms with Gasteiger partial charge in [-0.25, -0.2) is 0 Å². The lowest BCUT2D eigenvalue weighted by atomic mass is 9.93. The fraction of sp³-hybridized carbons (Fsp3) is 0.900. The molecule has 14 heavy (non-hydrogen) atoms. The third-order valence-electron chi connectivity index (χ3n) is 2.80. The summed E-state index contributed by atoms with van der Waals surface area (Å²) >= 11 is 0. The number of piperidine rings is 1. The van der Waals surface area contributed by atoms with Crippen LogP contribution in [0.5, 0.6) is 0 Å². The van der Waals surface area contributed by atoms with Crippen molar-refractivity contribution in [1.29, 1.82) is 0 Å². The van der Waals surface area contributed by atoms with E-state index in [9.17, 15) is 9.90 Å². The maximum Gasteiger partial charge on any atom is 0.319 e. The second-order valence-electron chi connectivity index (χ2n) is 3.95. The van der Waals surface area contributed by atoms with Gasteiger partial charge in [0, 0.05) is 6.54 Å². The van der Waals surface area contributed by atoms with Crippen LogP contribution in [-0.2, 0) is 9.53 Å². The SMILES string of the molecule is COC(=O)CN1CCC[C@@H]([C@H](C)O)C1. The van der Waals surface area contributed by atoms with Gasteiger partial charge in [0.25, 0.3) is 0 Å². The standard InChI is InChI=1S/C10H19NO3/c1-8(12)9-4-3-5-11(6-9)7-10(13)14-2/h8-9,12H,3-7H2,1-2H3/t8-,9+/m0/s1. The van der Waals surface area contributed by atoms with Gasteiger partial charge >= 0.3 is 5.97 Å². The molecule has 0 aromatic rings. The van der Waals surface area contributed by atoms with Gasteiger partial charge < -0.3 is 9.84 Å². The number of esters is 1. The summed E-state index contributed by atoms with van der Waals surface area (Å²) in [7, 11) is 1.40. The summed E-state index contributed by atoms with van der Waals surface area (Å²) in [5.41, 5.74) is 0. The minimum absolute atomic E-state index is 0.198. The van der Waals surface area contributed by atoms with Crippen molar-refractivity contribution in [2.24, 2.45) is 5.92 Å². The van der Waals surface area contributed by atoms with E-state index in [-0.39, 0.29) is 12.1 Å². The van der Waals surface area contributed by atoms with Gasteiger partial charge in [-0.2, -0.15) is 0 Å². The lowest BCUT2D eigenvalue weighted by Crippen LogP contribution is -2.42. The molecule has 0 aromatic heterocycles. The Morgan fingerprint density at radius 3 is 3.00 bits per heavy atom. The third-order valence-corrected chi connectivity index (χ3v) is 2.80. The van der Waals surface area contributed by atoms with E-state index in [1.165, 1.54) is 7.11 Å². The molecular formula is C10H19NO3. The number of rotatable bonds is 3. The van der Waals surface area contributed by atoms with Gasteiger partial charge in [-0.3, -0.25) is 9.69 Å². The minimum atomic E-state index is -0.282. The van der Waals surface area contributed by atoms with Crippen LogP contribution in [0.3, 0.4) is 0 Å². The highest BCUT2D eigenvalue weighted by Gasteiger charge is 2.24. The average Bonchev–Trinajstić information content (AvgIpc) is 2.18. The summed E-state index contributed by atoms with van der Waals surface area (Å²) in [6.45, 7) is 3.89. The smallest absolute Gasteiger partial charge is 0.319 e. The van der Waals surface area contributed by atoms with Gasteiger partial charge in [0.2, 0.25) is 0 Å². The van der Waals surface area contributed by atoms with Gasteiger partial charge in [0.05, 0.1) is 19.8 Å². The van der Waals surface area contributed by atoms with Crippen molar-refractivity contribution >= 4 is 5.97 Å². The molecule has 0 aliphatic carbocycles. The number of hydrogen-bond donors (Lipinski definition) is 1. The molecule has 0 bridgehead atoms. The van der Waals surface area contributed by atoms with Crippen molar-refractivity contribution in [3.63, 3.8) is 0 Å². The topological polar surface area (TPSA) is 49.8 Å². The fourth-order valence-corrected chi connectivity index (χ4v) is 1.88. The molecule has 4 nitrogen and oxygen atoms in total. The molecule has 1 rings (SSSR count). The highest BCUT2D eigenvalue weighted by molar-refractivity contribution is 5.71. The van der Waals surface area contributed by atoms with Crippen molar-refractivity contribution < 1.29 is 14.6 Å². The van der Waals surface area contributed by atoms with Crippen molar-refractivity contribution in [3.05, 3.63) is 0 Å². The molecule has 1 fully saturated rings. The average molecular weight is 201 g/mol. The van der Waals surface area contributed by atoms with Gasteiger partial charge in [-0.05, 0) is 32.2 Å². The van der Waals surface area contributed by atoms with Crippen LogP contribution in [0.15, 0.2) is 0 Å². The monoisotopic (exact) mass is 201 g/mol. The summed E-state index contributed by atoms with van der Waals surface area (Å²) in [5, 5.41) is 9.44. The van der Waals surface area contributed by atoms with Gasteiger partial charge in [0.1, 0.15) is 0 Å². The van der Waals surface area contributed by atoms with E-state index in [0.29, 0.717) is 12.5 Å². The fourth-order valence-electron chi connectivity index (χ4n) is 1.88. The van der Waals surface area contributed by atoms with E-state index in [1.54, 1.807) is 0 Å². The van der Waals surface area contributed by atoms with Crippen molar-refractivity contribution in [1.82, 2.24) is 4.90 Å². The molecule has 0 amide bonds. The number of methoxy groups -OCH3 is 1. The highest BCUT2D eigenvalue weighted by Crippen LogP contribution is 2.19. The Morgan fingerprint density at radius 1 is 1.71 bits per heavy atom. The van der Waals surface area contributed by atoms with Crippen LogP contribution in [0.2, 0.25) is 0 Å². The predicted octanol–water partition coefficient (Wildman–Crippen LogP) is 0.252. The minimum Gasteiger partial charge on any atom is -0.468 e. The van der Waals surface area contributed by atoms with Crippen molar-refractivity contribution in [3.8, 4) is 0 Å². The van der Waals surface area contributed by atoms with E-state index >= 15 is 0 Å². The van der Waals surface area contributed by atoms with Crippen LogP contribution in [0, 0.1) is 5.92 Å². The molecule has 1 heterocycles. The summed E-state index contributed by atoms with van der Waals surface area (Å²) in [6, 6.07) is 0. The molecule has 82 valence electrons. The Kier molecular flexibility index (Phi) is 4.35. The lowest BCUT2D eigenvalue weighted by Gasteiger charge is -2.33. The zero-order valence-corrected chi connectivity index (χ0v) is 8.90. The molecule has 4 heteroatoms. The number of aliphatic hydroxyl groups excluding tert-OH is 1. The molecule has 0 aromatic carbocycles. The van der Waals surface area contributed by atoms with Crippen LogP contribution < -0.4 is 0 Å². The van der Waals surface area contributed by atoms with Gasteiger partial charge in [-0.15, -0.1) is 0 Å². The molecule has 1 saturated heterocycles. The number of nitrogens with zero attached hydrogens (tertiary/aromatic N) is 1. The number of carbonyl (C=O) groups excluding carboxylic acids is 1.